The van der Waals surface area contributed by atoms with E-state index in [1.54, 1.807) is 0 Å². The standard InChI is InChI=1S/C11H16BrN/c1-11(2,3)13(12)9-10-7-5-4-6-8-10/h4-8H,9H2,1-3H3. The molecule has 0 radical (unpaired) electrons. The SMILES string of the molecule is CC(C)(C)N(Br)Cc1ccccc1. The van der Waals surface area contributed by atoms with Crippen LogP contribution in [0.4, 0.5) is 0 Å². The van der Waals surface area contributed by atoms with Gasteiger partial charge < -0.3 is 0 Å². The molecular weight excluding hydrogens is 226 g/mol. The summed E-state index contributed by atoms with van der Waals surface area (Å²) >= 11 is 3.57. The predicted molar refractivity (Wildman–Crippen MR) is 60.7 cm³/mol. The van der Waals surface area contributed by atoms with Gasteiger partial charge in [0.2, 0.25) is 0 Å². The van der Waals surface area contributed by atoms with E-state index in [4.69, 9.17) is 0 Å². The van der Waals surface area contributed by atoms with E-state index in [0.29, 0.717) is 0 Å². The zero-order valence-electron chi connectivity index (χ0n) is 8.42. The Bertz CT molecular complexity index is 251. The second-order valence-corrected chi connectivity index (χ2v) is 5.03. The van der Waals surface area contributed by atoms with Crippen molar-refractivity contribution < 1.29 is 0 Å². The van der Waals surface area contributed by atoms with E-state index in [0.717, 1.165) is 6.54 Å². The summed E-state index contributed by atoms with van der Waals surface area (Å²) in [6.45, 7) is 7.49. The molecule has 0 spiro atoms. The van der Waals surface area contributed by atoms with Gasteiger partial charge in [-0.15, -0.1) is 0 Å². The van der Waals surface area contributed by atoms with Crippen molar-refractivity contribution in [2.75, 3.05) is 0 Å². The molecule has 1 aromatic carbocycles. The fraction of sp³-hybridized carbons (Fsp3) is 0.455. The van der Waals surface area contributed by atoms with Crippen LogP contribution in [-0.2, 0) is 6.54 Å². The molecule has 2 heteroatoms. The number of benzene rings is 1. The van der Waals surface area contributed by atoms with Gasteiger partial charge in [0.15, 0.2) is 0 Å². The first-order chi connectivity index (χ1) is 6.00. The zero-order chi connectivity index (χ0) is 9.90. The highest BCUT2D eigenvalue weighted by atomic mass is 79.9. The molecular formula is C11H16BrN. The minimum absolute atomic E-state index is 0.163. The van der Waals surface area contributed by atoms with E-state index >= 15 is 0 Å². The Morgan fingerprint density at radius 1 is 1.15 bits per heavy atom. The van der Waals surface area contributed by atoms with Gasteiger partial charge in [0.05, 0.1) is 0 Å². The largest absolute Gasteiger partial charge is 0.233 e. The van der Waals surface area contributed by atoms with Crippen molar-refractivity contribution >= 4 is 16.1 Å². The molecule has 0 N–H and O–H groups in total. The van der Waals surface area contributed by atoms with Gasteiger partial charge in [-0.3, -0.25) is 0 Å². The Morgan fingerprint density at radius 3 is 2.15 bits per heavy atom. The van der Waals surface area contributed by atoms with Crippen LogP contribution in [0.2, 0.25) is 0 Å². The van der Waals surface area contributed by atoms with Crippen LogP contribution >= 0.6 is 16.1 Å². The molecule has 0 unspecified atom stereocenters. The number of hydrogen-bond acceptors (Lipinski definition) is 1. The van der Waals surface area contributed by atoms with Crippen LogP contribution in [0.1, 0.15) is 26.3 Å². The van der Waals surface area contributed by atoms with Gasteiger partial charge in [0.25, 0.3) is 0 Å². The average molecular weight is 242 g/mol. The van der Waals surface area contributed by atoms with Crippen LogP contribution < -0.4 is 0 Å². The van der Waals surface area contributed by atoms with Gasteiger partial charge in [-0.05, 0) is 26.3 Å². The van der Waals surface area contributed by atoms with Crippen molar-refractivity contribution in [1.29, 1.82) is 0 Å². The van der Waals surface area contributed by atoms with Crippen molar-refractivity contribution in [2.45, 2.75) is 32.9 Å². The van der Waals surface area contributed by atoms with Crippen molar-refractivity contribution in [3.63, 3.8) is 0 Å². The summed E-state index contributed by atoms with van der Waals surface area (Å²) in [5.74, 6) is 0. The first-order valence-corrected chi connectivity index (χ1v) is 5.18. The molecule has 0 atom stereocenters. The minimum Gasteiger partial charge on any atom is -0.233 e. The third-order valence-corrected chi connectivity index (χ3v) is 3.21. The maximum absolute atomic E-state index is 3.57. The van der Waals surface area contributed by atoms with Crippen LogP contribution in [-0.4, -0.2) is 9.46 Å². The van der Waals surface area contributed by atoms with E-state index in [1.807, 2.05) is 6.07 Å². The second-order valence-electron chi connectivity index (χ2n) is 4.18. The Morgan fingerprint density at radius 2 is 1.69 bits per heavy atom. The summed E-state index contributed by atoms with van der Waals surface area (Å²) in [4.78, 5) is 0. The summed E-state index contributed by atoms with van der Waals surface area (Å²) in [6, 6.07) is 10.5. The first kappa shape index (κ1) is 10.7. The molecule has 13 heavy (non-hydrogen) atoms. The molecule has 1 nitrogen and oxygen atoms in total. The van der Waals surface area contributed by atoms with Gasteiger partial charge in [0, 0.05) is 28.2 Å². The lowest BCUT2D eigenvalue weighted by molar-refractivity contribution is 0.279. The fourth-order valence-corrected chi connectivity index (χ4v) is 1.27. The molecule has 0 aliphatic rings. The molecule has 0 heterocycles. The van der Waals surface area contributed by atoms with Crippen molar-refractivity contribution in [2.24, 2.45) is 0 Å². The van der Waals surface area contributed by atoms with Crippen LogP contribution in [0.15, 0.2) is 30.3 Å². The first-order valence-electron chi connectivity index (χ1n) is 4.47. The lowest BCUT2D eigenvalue weighted by Crippen LogP contribution is -2.32. The van der Waals surface area contributed by atoms with E-state index < -0.39 is 0 Å². The third kappa shape index (κ3) is 3.49. The predicted octanol–water partition coefficient (Wildman–Crippen LogP) is 3.60. The van der Waals surface area contributed by atoms with Crippen LogP contribution in [0.25, 0.3) is 0 Å². The zero-order valence-corrected chi connectivity index (χ0v) is 10.0. The molecule has 1 rings (SSSR count). The summed E-state index contributed by atoms with van der Waals surface area (Å²) in [5.41, 5.74) is 1.49. The molecule has 0 bridgehead atoms. The van der Waals surface area contributed by atoms with Crippen LogP contribution in [0, 0.1) is 0 Å². The molecule has 72 valence electrons. The Kier molecular flexibility index (Phi) is 3.51. The van der Waals surface area contributed by atoms with Crippen LogP contribution in [0.3, 0.4) is 0 Å². The van der Waals surface area contributed by atoms with E-state index in [9.17, 15) is 0 Å². The Balaban J connectivity index is 2.61. The second kappa shape index (κ2) is 4.25. The van der Waals surface area contributed by atoms with Gasteiger partial charge >= 0.3 is 0 Å². The molecule has 1 aromatic rings. The van der Waals surface area contributed by atoms with Crippen molar-refractivity contribution in [1.82, 2.24) is 3.93 Å². The number of nitrogens with zero attached hydrogens (tertiary/aromatic N) is 1. The van der Waals surface area contributed by atoms with Gasteiger partial charge in [-0.2, -0.15) is 0 Å². The maximum Gasteiger partial charge on any atom is 0.0349 e. The van der Waals surface area contributed by atoms with Crippen molar-refractivity contribution in [3.05, 3.63) is 35.9 Å². The molecule has 0 saturated carbocycles. The lowest BCUT2D eigenvalue weighted by Gasteiger charge is -2.29. The number of hydrogen-bond donors (Lipinski definition) is 0. The quantitative estimate of drug-likeness (QED) is 0.716. The maximum atomic E-state index is 3.57. The van der Waals surface area contributed by atoms with E-state index in [1.165, 1.54) is 5.56 Å². The molecule has 0 aliphatic heterocycles. The number of halogens is 1. The molecule has 0 aromatic heterocycles. The van der Waals surface area contributed by atoms with Gasteiger partial charge in [0.1, 0.15) is 0 Å². The van der Waals surface area contributed by atoms with E-state index in [-0.39, 0.29) is 5.54 Å². The Hall–Kier alpha value is -0.340. The average Bonchev–Trinajstić information content (AvgIpc) is 2.04. The smallest absolute Gasteiger partial charge is 0.0349 e. The normalized spacial score (nSPS) is 12.1. The van der Waals surface area contributed by atoms with Crippen LogP contribution in [0.5, 0.6) is 0 Å². The van der Waals surface area contributed by atoms with Gasteiger partial charge in [-0.25, -0.2) is 3.93 Å². The number of rotatable bonds is 2. The molecule has 0 saturated heterocycles. The van der Waals surface area contributed by atoms with Gasteiger partial charge in [-0.1, -0.05) is 30.3 Å². The molecule has 0 amide bonds. The highest BCUT2D eigenvalue weighted by Gasteiger charge is 2.18. The fourth-order valence-electron chi connectivity index (χ4n) is 0.981. The van der Waals surface area contributed by atoms with Crippen molar-refractivity contribution in [3.8, 4) is 0 Å². The summed E-state index contributed by atoms with van der Waals surface area (Å²) in [7, 11) is 0. The molecule has 0 aliphatic carbocycles. The highest BCUT2D eigenvalue weighted by molar-refractivity contribution is 9.07. The third-order valence-electron chi connectivity index (χ3n) is 1.89. The Labute approximate surface area is 89.1 Å². The minimum atomic E-state index is 0.163. The summed E-state index contributed by atoms with van der Waals surface area (Å²) in [5, 5.41) is 0. The highest BCUT2D eigenvalue weighted by Crippen LogP contribution is 2.20. The summed E-state index contributed by atoms with van der Waals surface area (Å²) < 4.78 is 2.16. The molecule has 0 fully saturated rings. The topological polar surface area (TPSA) is 3.24 Å². The monoisotopic (exact) mass is 241 g/mol. The summed E-state index contributed by atoms with van der Waals surface area (Å²) in [6.07, 6.45) is 0. The lowest BCUT2D eigenvalue weighted by atomic mass is 10.1. The van der Waals surface area contributed by atoms with E-state index in [2.05, 4.69) is 65.1 Å².